The van der Waals surface area contributed by atoms with Gasteiger partial charge in [0.15, 0.2) is 0 Å². The zero-order valence-corrected chi connectivity index (χ0v) is 10.4. The highest BCUT2D eigenvalue weighted by molar-refractivity contribution is 6.76. The molecule has 0 unspecified atom stereocenters. The zero-order valence-electron chi connectivity index (χ0n) is 9.41. The molecule has 0 aliphatic carbocycles. The maximum atomic E-state index is 3.48. The molecular weight excluding hydrogens is 162 g/mol. The van der Waals surface area contributed by atoms with Crippen LogP contribution in [0.25, 0.3) is 0 Å². The highest BCUT2D eigenvalue weighted by Crippen LogP contribution is 2.09. The normalized spacial score (nSPS) is 12.5. The van der Waals surface area contributed by atoms with E-state index >= 15 is 0 Å². The summed E-state index contributed by atoms with van der Waals surface area (Å²) in [6, 6.07) is 1.46. The molecule has 1 N–H and O–H groups in total. The fourth-order valence-corrected chi connectivity index (χ4v) is 2.37. The van der Waals surface area contributed by atoms with E-state index in [1.807, 2.05) is 0 Å². The SMILES string of the molecule is CC(C)CNCCC[Si](C)(C)C. The monoisotopic (exact) mass is 187 g/mol. The quantitative estimate of drug-likeness (QED) is 0.498. The molecule has 0 saturated heterocycles. The summed E-state index contributed by atoms with van der Waals surface area (Å²) >= 11 is 0. The summed E-state index contributed by atoms with van der Waals surface area (Å²) in [6.45, 7) is 14.2. The van der Waals surface area contributed by atoms with Crippen molar-refractivity contribution in [3.8, 4) is 0 Å². The molecule has 12 heavy (non-hydrogen) atoms. The molecule has 0 rings (SSSR count). The Kier molecular flexibility index (Phi) is 5.84. The second-order valence-electron chi connectivity index (χ2n) is 5.26. The van der Waals surface area contributed by atoms with Crippen LogP contribution in [-0.4, -0.2) is 21.2 Å². The summed E-state index contributed by atoms with van der Waals surface area (Å²) < 4.78 is 0. The average molecular weight is 187 g/mol. The number of hydrogen-bond acceptors (Lipinski definition) is 1. The third-order valence-corrected chi connectivity index (χ3v) is 3.69. The first-order valence-electron chi connectivity index (χ1n) is 5.12. The molecule has 0 bridgehead atoms. The molecule has 0 aliphatic heterocycles. The van der Waals surface area contributed by atoms with Crippen molar-refractivity contribution in [2.24, 2.45) is 5.92 Å². The van der Waals surface area contributed by atoms with Crippen LogP contribution in [-0.2, 0) is 0 Å². The zero-order chi connectivity index (χ0) is 9.61. The van der Waals surface area contributed by atoms with Crippen LogP contribution in [0, 0.1) is 5.92 Å². The summed E-state index contributed by atoms with van der Waals surface area (Å²) in [5.74, 6) is 0.789. The largest absolute Gasteiger partial charge is 0.316 e. The van der Waals surface area contributed by atoms with Gasteiger partial charge in [-0.2, -0.15) is 0 Å². The van der Waals surface area contributed by atoms with E-state index in [1.165, 1.54) is 25.6 Å². The molecule has 74 valence electrons. The van der Waals surface area contributed by atoms with Gasteiger partial charge in [0.1, 0.15) is 0 Å². The fourth-order valence-electron chi connectivity index (χ4n) is 1.13. The Morgan fingerprint density at radius 2 is 1.75 bits per heavy atom. The first-order chi connectivity index (χ1) is 5.42. The van der Waals surface area contributed by atoms with Crippen molar-refractivity contribution in [3.05, 3.63) is 0 Å². The van der Waals surface area contributed by atoms with Gasteiger partial charge >= 0.3 is 0 Å². The van der Waals surface area contributed by atoms with Gasteiger partial charge in [0.2, 0.25) is 0 Å². The minimum atomic E-state index is -0.774. The average Bonchev–Trinajstić information content (AvgIpc) is 1.83. The summed E-state index contributed by atoms with van der Waals surface area (Å²) in [5, 5.41) is 3.48. The van der Waals surface area contributed by atoms with Gasteiger partial charge in [-0.15, -0.1) is 0 Å². The lowest BCUT2D eigenvalue weighted by atomic mass is 10.2. The van der Waals surface area contributed by atoms with E-state index in [1.54, 1.807) is 0 Å². The van der Waals surface area contributed by atoms with E-state index in [-0.39, 0.29) is 0 Å². The molecule has 0 aromatic rings. The Hall–Kier alpha value is 0.177. The van der Waals surface area contributed by atoms with Crippen molar-refractivity contribution >= 4 is 8.07 Å². The van der Waals surface area contributed by atoms with E-state index in [0.29, 0.717) is 0 Å². The lowest BCUT2D eigenvalue weighted by molar-refractivity contribution is 0.550. The third kappa shape index (κ3) is 10.2. The summed E-state index contributed by atoms with van der Waals surface area (Å²) in [6.07, 6.45) is 1.36. The Bertz CT molecular complexity index is 105. The van der Waals surface area contributed by atoms with E-state index in [2.05, 4.69) is 38.8 Å². The molecule has 0 spiro atoms. The van der Waals surface area contributed by atoms with Gasteiger partial charge in [-0.3, -0.25) is 0 Å². The highest BCUT2D eigenvalue weighted by Gasteiger charge is 2.11. The Morgan fingerprint density at radius 1 is 1.17 bits per heavy atom. The molecule has 0 heterocycles. The first kappa shape index (κ1) is 12.2. The minimum Gasteiger partial charge on any atom is -0.316 e. The van der Waals surface area contributed by atoms with Crippen molar-refractivity contribution in [2.45, 2.75) is 46.0 Å². The predicted octanol–water partition coefficient (Wildman–Crippen LogP) is 2.96. The summed E-state index contributed by atoms with van der Waals surface area (Å²) in [5.41, 5.74) is 0. The van der Waals surface area contributed by atoms with Crippen molar-refractivity contribution in [1.29, 1.82) is 0 Å². The Balaban J connectivity index is 3.12. The predicted molar refractivity (Wildman–Crippen MR) is 60.5 cm³/mol. The van der Waals surface area contributed by atoms with Gasteiger partial charge in [-0.05, 0) is 25.4 Å². The molecule has 0 aliphatic rings. The lowest BCUT2D eigenvalue weighted by Crippen LogP contribution is -2.25. The van der Waals surface area contributed by atoms with Gasteiger partial charge in [0.05, 0.1) is 0 Å². The molecule has 0 saturated carbocycles. The minimum absolute atomic E-state index is 0.774. The van der Waals surface area contributed by atoms with Gasteiger partial charge in [0.25, 0.3) is 0 Å². The van der Waals surface area contributed by atoms with Crippen LogP contribution in [0.2, 0.25) is 25.7 Å². The van der Waals surface area contributed by atoms with Crippen molar-refractivity contribution in [1.82, 2.24) is 5.32 Å². The van der Waals surface area contributed by atoms with Crippen LogP contribution in [0.4, 0.5) is 0 Å². The van der Waals surface area contributed by atoms with Crippen molar-refractivity contribution in [2.75, 3.05) is 13.1 Å². The number of rotatable bonds is 6. The molecule has 0 fully saturated rings. The molecular formula is C10H25NSi. The fraction of sp³-hybridized carbons (Fsp3) is 1.00. The van der Waals surface area contributed by atoms with Crippen LogP contribution in [0.3, 0.4) is 0 Å². The van der Waals surface area contributed by atoms with Gasteiger partial charge in [-0.1, -0.05) is 39.5 Å². The summed E-state index contributed by atoms with van der Waals surface area (Å²) in [7, 11) is -0.774. The molecule has 0 aromatic carbocycles. The van der Waals surface area contributed by atoms with Crippen molar-refractivity contribution in [3.63, 3.8) is 0 Å². The van der Waals surface area contributed by atoms with E-state index in [0.717, 1.165) is 5.92 Å². The van der Waals surface area contributed by atoms with E-state index in [9.17, 15) is 0 Å². The standard InChI is InChI=1S/C10H25NSi/c1-10(2)9-11-7-6-8-12(3,4)5/h10-11H,6-9H2,1-5H3. The first-order valence-corrected chi connectivity index (χ1v) is 8.83. The van der Waals surface area contributed by atoms with Crippen LogP contribution in [0.1, 0.15) is 20.3 Å². The molecule has 1 nitrogen and oxygen atoms in total. The van der Waals surface area contributed by atoms with E-state index in [4.69, 9.17) is 0 Å². The summed E-state index contributed by atoms with van der Waals surface area (Å²) in [4.78, 5) is 0. The Morgan fingerprint density at radius 3 is 2.17 bits per heavy atom. The van der Waals surface area contributed by atoms with Crippen LogP contribution in [0.15, 0.2) is 0 Å². The smallest absolute Gasteiger partial charge is 0.0443 e. The molecule has 0 amide bonds. The van der Waals surface area contributed by atoms with Gasteiger partial charge in [0, 0.05) is 8.07 Å². The van der Waals surface area contributed by atoms with Crippen LogP contribution < -0.4 is 5.32 Å². The van der Waals surface area contributed by atoms with Crippen LogP contribution in [0.5, 0.6) is 0 Å². The maximum Gasteiger partial charge on any atom is 0.0443 e. The van der Waals surface area contributed by atoms with Gasteiger partial charge < -0.3 is 5.32 Å². The number of nitrogens with one attached hydrogen (secondary N) is 1. The number of hydrogen-bond donors (Lipinski definition) is 1. The Labute approximate surface area is 79.0 Å². The third-order valence-electron chi connectivity index (χ3n) is 1.83. The van der Waals surface area contributed by atoms with E-state index < -0.39 is 8.07 Å². The van der Waals surface area contributed by atoms with Crippen LogP contribution >= 0.6 is 0 Å². The van der Waals surface area contributed by atoms with Crippen molar-refractivity contribution < 1.29 is 0 Å². The highest BCUT2D eigenvalue weighted by atomic mass is 28.3. The molecule has 0 aromatic heterocycles. The second kappa shape index (κ2) is 5.76. The topological polar surface area (TPSA) is 12.0 Å². The maximum absolute atomic E-state index is 3.48. The molecule has 0 atom stereocenters. The second-order valence-corrected chi connectivity index (χ2v) is 10.9. The molecule has 0 radical (unpaired) electrons. The van der Waals surface area contributed by atoms with Gasteiger partial charge in [-0.25, -0.2) is 0 Å². The molecule has 2 heteroatoms. The lowest BCUT2D eigenvalue weighted by Gasteiger charge is -2.15.